The van der Waals surface area contributed by atoms with Crippen LogP contribution in [0.15, 0.2) is 47.4 Å². The average molecular weight is 344 g/mol. The molecule has 0 aliphatic carbocycles. The van der Waals surface area contributed by atoms with Crippen molar-refractivity contribution in [2.45, 2.75) is 37.5 Å². The summed E-state index contributed by atoms with van der Waals surface area (Å²) in [5, 5.41) is 3.36. The molecule has 0 atom stereocenters. The van der Waals surface area contributed by atoms with Crippen LogP contribution in [0.1, 0.15) is 36.5 Å². The number of fused-ring (bicyclic) bond motifs is 1. The van der Waals surface area contributed by atoms with Crippen molar-refractivity contribution in [3.05, 3.63) is 59.2 Å². The second-order valence-corrected chi connectivity index (χ2v) is 8.25. The molecule has 0 amide bonds. The summed E-state index contributed by atoms with van der Waals surface area (Å²) in [5.74, 6) is 0.382. The van der Waals surface area contributed by atoms with Gasteiger partial charge in [-0.3, -0.25) is 4.72 Å². The second-order valence-electron chi connectivity index (χ2n) is 6.56. The van der Waals surface area contributed by atoms with Gasteiger partial charge in [0, 0.05) is 5.69 Å². The normalized spacial score (nSPS) is 15.0. The maximum absolute atomic E-state index is 12.6. The third-order valence-electron chi connectivity index (χ3n) is 4.46. The summed E-state index contributed by atoms with van der Waals surface area (Å²) in [5.41, 5.74) is 4.27. The van der Waals surface area contributed by atoms with Crippen molar-refractivity contribution < 1.29 is 8.42 Å². The molecule has 0 aromatic heterocycles. The van der Waals surface area contributed by atoms with Crippen molar-refractivity contribution in [3.8, 4) is 0 Å². The van der Waals surface area contributed by atoms with E-state index in [2.05, 4.69) is 23.9 Å². The molecule has 0 spiro atoms. The highest BCUT2D eigenvalue weighted by atomic mass is 32.2. The molecule has 128 valence electrons. The maximum Gasteiger partial charge on any atom is 0.261 e. The molecular formula is C19H24N2O2S. The van der Waals surface area contributed by atoms with Crippen LogP contribution < -0.4 is 10.0 Å². The largest absolute Gasteiger partial charge is 0.316 e. The SMILES string of the molecule is CC(C)c1ccc(S(=O)(=O)Nc2ccc3c(c2)CCNCC3)cc1. The molecule has 2 aromatic rings. The van der Waals surface area contributed by atoms with Crippen LogP contribution in [0.2, 0.25) is 0 Å². The van der Waals surface area contributed by atoms with E-state index in [1.54, 1.807) is 12.1 Å². The van der Waals surface area contributed by atoms with Crippen molar-refractivity contribution in [2.24, 2.45) is 0 Å². The highest BCUT2D eigenvalue weighted by Crippen LogP contribution is 2.23. The van der Waals surface area contributed by atoms with E-state index < -0.39 is 10.0 Å². The summed E-state index contributed by atoms with van der Waals surface area (Å²) in [6.07, 6.45) is 1.91. The number of rotatable bonds is 4. The molecule has 0 bridgehead atoms. The van der Waals surface area contributed by atoms with E-state index in [0.29, 0.717) is 16.5 Å². The Balaban J connectivity index is 1.82. The summed E-state index contributed by atoms with van der Waals surface area (Å²) in [7, 11) is -3.56. The highest BCUT2D eigenvalue weighted by Gasteiger charge is 2.16. The fourth-order valence-electron chi connectivity index (χ4n) is 2.98. The summed E-state index contributed by atoms with van der Waals surface area (Å²) >= 11 is 0. The first-order chi connectivity index (χ1) is 11.5. The Labute approximate surface area is 144 Å². The maximum atomic E-state index is 12.6. The zero-order valence-electron chi connectivity index (χ0n) is 14.2. The lowest BCUT2D eigenvalue weighted by molar-refractivity contribution is 0.601. The van der Waals surface area contributed by atoms with E-state index in [0.717, 1.165) is 31.5 Å². The molecular weight excluding hydrogens is 320 g/mol. The lowest BCUT2D eigenvalue weighted by Crippen LogP contribution is -2.16. The van der Waals surface area contributed by atoms with Crippen LogP contribution in [0.3, 0.4) is 0 Å². The van der Waals surface area contributed by atoms with E-state index in [-0.39, 0.29) is 0 Å². The first-order valence-electron chi connectivity index (χ1n) is 8.41. The molecule has 0 radical (unpaired) electrons. The molecule has 5 heteroatoms. The molecule has 3 rings (SSSR count). The van der Waals surface area contributed by atoms with Gasteiger partial charge in [0.15, 0.2) is 0 Å². The Bertz CT molecular complexity index is 812. The molecule has 1 aliphatic rings. The molecule has 0 saturated carbocycles. The molecule has 0 saturated heterocycles. The number of sulfonamides is 1. The molecule has 24 heavy (non-hydrogen) atoms. The number of anilines is 1. The minimum Gasteiger partial charge on any atom is -0.316 e. The topological polar surface area (TPSA) is 58.2 Å². The first-order valence-corrected chi connectivity index (χ1v) is 9.89. The van der Waals surface area contributed by atoms with Gasteiger partial charge in [-0.05, 0) is 72.8 Å². The number of nitrogens with one attached hydrogen (secondary N) is 2. The Kier molecular flexibility index (Phi) is 4.92. The smallest absolute Gasteiger partial charge is 0.261 e. The van der Waals surface area contributed by atoms with Gasteiger partial charge in [0.25, 0.3) is 10.0 Å². The van der Waals surface area contributed by atoms with Crippen LogP contribution in [0, 0.1) is 0 Å². The van der Waals surface area contributed by atoms with E-state index in [9.17, 15) is 8.42 Å². The summed E-state index contributed by atoms with van der Waals surface area (Å²) in [6.45, 7) is 6.08. The first kappa shape index (κ1) is 17.0. The van der Waals surface area contributed by atoms with Gasteiger partial charge in [-0.2, -0.15) is 0 Å². The second kappa shape index (κ2) is 6.95. The van der Waals surface area contributed by atoms with Crippen LogP contribution in [-0.2, 0) is 22.9 Å². The third kappa shape index (κ3) is 3.79. The minimum atomic E-state index is -3.56. The highest BCUT2D eigenvalue weighted by molar-refractivity contribution is 7.92. The van der Waals surface area contributed by atoms with E-state index in [4.69, 9.17) is 0 Å². The van der Waals surface area contributed by atoms with Gasteiger partial charge in [0.05, 0.1) is 4.90 Å². The van der Waals surface area contributed by atoms with Gasteiger partial charge in [-0.15, -0.1) is 0 Å². The zero-order valence-corrected chi connectivity index (χ0v) is 15.0. The van der Waals surface area contributed by atoms with Crippen LogP contribution in [0.25, 0.3) is 0 Å². The van der Waals surface area contributed by atoms with Gasteiger partial charge in [0.1, 0.15) is 0 Å². The molecule has 0 unspecified atom stereocenters. The van der Waals surface area contributed by atoms with Gasteiger partial charge < -0.3 is 5.32 Å². The molecule has 4 nitrogen and oxygen atoms in total. The van der Waals surface area contributed by atoms with Gasteiger partial charge in [0.2, 0.25) is 0 Å². The predicted octanol–water partition coefficient (Wildman–Crippen LogP) is 3.30. The monoisotopic (exact) mass is 344 g/mol. The predicted molar refractivity (Wildman–Crippen MR) is 98.1 cm³/mol. The van der Waals surface area contributed by atoms with Crippen molar-refractivity contribution in [2.75, 3.05) is 17.8 Å². The Morgan fingerprint density at radius 1 is 0.958 bits per heavy atom. The Morgan fingerprint density at radius 3 is 2.29 bits per heavy atom. The summed E-state index contributed by atoms with van der Waals surface area (Å²) in [6, 6.07) is 12.9. The molecule has 2 aromatic carbocycles. The van der Waals surface area contributed by atoms with Crippen LogP contribution in [0.5, 0.6) is 0 Å². The van der Waals surface area contributed by atoms with Crippen LogP contribution in [-0.4, -0.2) is 21.5 Å². The zero-order chi connectivity index (χ0) is 17.2. The number of benzene rings is 2. The van der Waals surface area contributed by atoms with Crippen molar-refractivity contribution in [3.63, 3.8) is 0 Å². The number of hydrogen-bond acceptors (Lipinski definition) is 3. The fraction of sp³-hybridized carbons (Fsp3) is 0.368. The van der Waals surface area contributed by atoms with E-state index >= 15 is 0 Å². The van der Waals surface area contributed by atoms with Crippen molar-refractivity contribution >= 4 is 15.7 Å². The fourth-order valence-corrected chi connectivity index (χ4v) is 4.03. The lowest BCUT2D eigenvalue weighted by Gasteiger charge is -2.12. The standard InChI is InChI=1S/C19H24N2O2S/c1-14(2)15-4-7-19(8-5-15)24(22,23)21-18-6-3-16-9-11-20-12-10-17(16)13-18/h3-8,13-14,20-21H,9-12H2,1-2H3. The van der Waals surface area contributed by atoms with Crippen LogP contribution >= 0.6 is 0 Å². The lowest BCUT2D eigenvalue weighted by atomic mass is 10.0. The van der Waals surface area contributed by atoms with Crippen molar-refractivity contribution in [1.29, 1.82) is 0 Å². The number of hydrogen-bond donors (Lipinski definition) is 2. The van der Waals surface area contributed by atoms with Crippen LogP contribution in [0.4, 0.5) is 5.69 Å². The minimum absolute atomic E-state index is 0.295. The van der Waals surface area contributed by atoms with Gasteiger partial charge >= 0.3 is 0 Å². The Morgan fingerprint density at radius 2 is 1.62 bits per heavy atom. The summed E-state index contributed by atoms with van der Waals surface area (Å²) < 4.78 is 27.9. The van der Waals surface area contributed by atoms with Gasteiger partial charge in [-0.25, -0.2) is 8.42 Å². The summed E-state index contributed by atoms with van der Waals surface area (Å²) in [4.78, 5) is 0.295. The Hall–Kier alpha value is -1.85. The van der Waals surface area contributed by atoms with E-state index in [1.165, 1.54) is 11.1 Å². The molecule has 1 heterocycles. The van der Waals surface area contributed by atoms with Crippen molar-refractivity contribution in [1.82, 2.24) is 5.32 Å². The average Bonchev–Trinajstić information content (AvgIpc) is 2.79. The molecule has 2 N–H and O–H groups in total. The molecule has 0 fully saturated rings. The van der Waals surface area contributed by atoms with E-state index in [1.807, 2.05) is 30.3 Å². The third-order valence-corrected chi connectivity index (χ3v) is 5.85. The quantitative estimate of drug-likeness (QED) is 0.895. The van der Waals surface area contributed by atoms with Gasteiger partial charge in [-0.1, -0.05) is 32.0 Å². The molecule has 1 aliphatic heterocycles.